The Morgan fingerprint density at radius 2 is 1.80 bits per heavy atom. The molecule has 0 aliphatic carbocycles. The summed E-state index contributed by atoms with van der Waals surface area (Å²) in [5.41, 5.74) is 5.09. The number of hydrogen-bond acceptors (Lipinski definition) is 3. The van der Waals surface area contributed by atoms with Gasteiger partial charge in [0, 0.05) is 35.6 Å². The van der Waals surface area contributed by atoms with Crippen molar-refractivity contribution in [2.24, 2.45) is 0 Å². The first-order valence-electron chi connectivity index (χ1n) is 8.15. The van der Waals surface area contributed by atoms with Crippen molar-refractivity contribution in [2.75, 3.05) is 23.7 Å². The van der Waals surface area contributed by atoms with E-state index >= 15 is 0 Å². The largest absolute Gasteiger partial charge is 0.384 e. The molecule has 2 amide bonds. The Kier molecular flexibility index (Phi) is 6.04. The zero-order valence-electron chi connectivity index (χ0n) is 14.3. The van der Waals surface area contributed by atoms with Crippen molar-refractivity contribution in [3.05, 3.63) is 58.7 Å². The first kappa shape index (κ1) is 18.8. The average Bonchev–Trinajstić information content (AvgIpc) is 3.04. The second-order valence-electron chi connectivity index (χ2n) is 5.89. The van der Waals surface area contributed by atoms with Crippen LogP contribution < -0.4 is 16.0 Å². The Labute approximate surface area is 153 Å². The number of benzene rings is 2. The van der Waals surface area contributed by atoms with Gasteiger partial charge in [-0.25, -0.2) is 0 Å². The summed E-state index contributed by atoms with van der Waals surface area (Å²) < 4.78 is 0. The van der Waals surface area contributed by atoms with E-state index in [2.05, 4.69) is 16.0 Å². The number of rotatable bonds is 4. The van der Waals surface area contributed by atoms with E-state index in [4.69, 9.17) is 0 Å². The lowest BCUT2D eigenvalue weighted by atomic mass is 10.1. The minimum absolute atomic E-state index is 0. The topological polar surface area (TPSA) is 70.2 Å². The van der Waals surface area contributed by atoms with Crippen molar-refractivity contribution >= 4 is 35.6 Å². The monoisotopic (exact) mass is 359 g/mol. The Morgan fingerprint density at radius 1 is 1.08 bits per heavy atom. The van der Waals surface area contributed by atoms with Crippen molar-refractivity contribution in [1.29, 1.82) is 0 Å². The average molecular weight is 360 g/mol. The summed E-state index contributed by atoms with van der Waals surface area (Å²) in [7, 11) is 0. The molecule has 2 aromatic carbocycles. The predicted octanol–water partition coefficient (Wildman–Crippen LogP) is 3.39. The van der Waals surface area contributed by atoms with Gasteiger partial charge in [0.1, 0.15) is 0 Å². The molecule has 0 radical (unpaired) electrons. The number of fused-ring (bicyclic) bond motifs is 1. The van der Waals surface area contributed by atoms with Crippen LogP contribution in [0.2, 0.25) is 0 Å². The van der Waals surface area contributed by atoms with Gasteiger partial charge < -0.3 is 16.0 Å². The third-order valence-electron chi connectivity index (χ3n) is 4.15. The first-order valence-corrected chi connectivity index (χ1v) is 8.15. The van der Waals surface area contributed by atoms with Crippen LogP contribution in [0.25, 0.3) is 0 Å². The van der Waals surface area contributed by atoms with Gasteiger partial charge in [-0.1, -0.05) is 0 Å². The van der Waals surface area contributed by atoms with Gasteiger partial charge in [-0.15, -0.1) is 12.4 Å². The van der Waals surface area contributed by atoms with Crippen LogP contribution in [-0.4, -0.2) is 24.9 Å². The molecule has 0 aromatic heterocycles. The molecule has 3 rings (SSSR count). The van der Waals surface area contributed by atoms with E-state index in [1.54, 1.807) is 18.2 Å². The fourth-order valence-electron chi connectivity index (χ4n) is 2.85. The third-order valence-corrected chi connectivity index (χ3v) is 4.15. The lowest BCUT2D eigenvalue weighted by Crippen LogP contribution is -2.22. The summed E-state index contributed by atoms with van der Waals surface area (Å²) in [5.74, 6) is -0.247. The number of nitrogens with one attached hydrogen (secondary N) is 3. The number of amides is 2. The molecular formula is C19H22ClN3O2. The normalized spacial score (nSPS) is 11.8. The highest BCUT2D eigenvalue weighted by atomic mass is 35.5. The van der Waals surface area contributed by atoms with Gasteiger partial charge in [0.05, 0.1) is 0 Å². The zero-order chi connectivity index (χ0) is 17.1. The standard InChI is InChI=1S/C19H21N3O2.ClH/c1-3-20-18(23)14-4-6-16(12(2)10-14)22-19(24)15-5-7-17-13(11-15)8-9-21-17;/h4-7,10-11,21H,3,8-9H2,1-2H3,(H,20,23)(H,22,24);1H. The summed E-state index contributed by atoms with van der Waals surface area (Å²) in [5, 5.41) is 8.97. The Hall–Kier alpha value is -2.53. The van der Waals surface area contributed by atoms with Crippen LogP contribution >= 0.6 is 12.4 Å². The van der Waals surface area contributed by atoms with Crippen LogP contribution in [0.5, 0.6) is 0 Å². The van der Waals surface area contributed by atoms with Crippen LogP contribution in [0.15, 0.2) is 36.4 Å². The van der Waals surface area contributed by atoms with Gasteiger partial charge in [-0.2, -0.15) is 0 Å². The summed E-state index contributed by atoms with van der Waals surface area (Å²) in [6, 6.07) is 11.0. The minimum Gasteiger partial charge on any atom is -0.384 e. The highest BCUT2D eigenvalue weighted by molar-refractivity contribution is 6.05. The molecule has 0 saturated heterocycles. The molecular weight excluding hydrogens is 338 g/mol. The van der Waals surface area contributed by atoms with E-state index in [1.165, 1.54) is 5.56 Å². The highest BCUT2D eigenvalue weighted by Gasteiger charge is 2.14. The van der Waals surface area contributed by atoms with Crippen LogP contribution in [-0.2, 0) is 6.42 Å². The van der Waals surface area contributed by atoms with Crippen LogP contribution in [0.3, 0.4) is 0 Å². The van der Waals surface area contributed by atoms with Gasteiger partial charge in [0.15, 0.2) is 0 Å². The Morgan fingerprint density at radius 3 is 2.52 bits per heavy atom. The smallest absolute Gasteiger partial charge is 0.255 e. The van der Waals surface area contributed by atoms with Crippen molar-refractivity contribution in [1.82, 2.24) is 5.32 Å². The molecule has 0 bridgehead atoms. The highest BCUT2D eigenvalue weighted by Crippen LogP contribution is 2.24. The molecule has 1 aliphatic rings. The minimum atomic E-state index is -0.140. The first-order chi connectivity index (χ1) is 11.6. The van der Waals surface area contributed by atoms with Gasteiger partial charge >= 0.3 is 0 Å². The molecule has 1 aliphatic heterocycles. The molecule has 0 fully saturated rings. The number of carbonyl (C=O) groups is 2. The van der Waals surface area contributed by atoms with Crippen LogP contribution in [0.1, 0.15) is 38.8 Å². The molecule has 2 aromatic rings. The van der Waals surface area contributed by atoms with Crippen molar-refractivity contribution in [3.8, 4) is 0 Å². The van der Waals surface area contributed by atoms with E-state index in [0.29, 0.717) is 23.4 Å². The Balaban J connectivity index is 0.00000225. The van der Waals surface area contributed by atoms with Crippen molar-refractivity contribution in [2.45, 2.75) is 20.3 Å². The summed E-state index contributed by atoms with van der Waals surface area (Å²) >= 11 is 0. The van der Waals surface area contributed by atoms with E-state index in [1.807, 2.05) is 32.0 Å². The molecule has 3 N–H and O–H groups in total. The summed E-state index contributed by atoms with van der Waals surface area (Å²) in [6.45, 7) is 5.26. The molecule has 6 heteroatoms. The van der Waals surface area contributed by atoms with E-state index in [0.717, 1.165) is 24.2 Å². The molecule has 0 atom stereocenters. The number of aryl methyl sites for hydroxylation is 1. The van der Waals surface area contributed by atoms with Crippen molar-refractivity contribution in [3.63, 3.8) is 0 Å². The molecule has 1 heterocycles. The van der Waals surface area contributed by atoms with Gasteiger partial charge in [-0.3, -0.25) is 9.59 Å². The van der Waals surface area contributed by atoms with Crippen molar-refractivity contribution < 1.29 is 9.59 Å². The molecule has 5 nitrogen and oxygen atoms in total. The van der Waals surface area contributed by atoms with Gasteiger partial charge in [0.25, 0.3) is 11.8 Å². The number of anilines is 2. The second-order valence-corrected chi connectivity index (χ2v) is 5.89. The molecule has 0 spiro atoms. The van der Waals surface area contributed by atoms with E-state index in [-0.39, 0.29) is 24.2 Å². The predicted molar refractivity (Wildman–Crippen MR) is 103 cm³/mol. The third kappa shape index (κ3) is 4.12. The zero-order valence-corrected chi connectivity index (χ0v) is 15.1. The SMILES string of the molecule is CCNC(=O)c1ccc(NC(=O)c2ccc3c(c2)CCN3)c(C)c1.Cl. The van der Waals surface area contributed by atoms with E-state index < -0.39 is 0 Å². The quantitative estimate of drug-likeness (QED) is 0.783. The van der Waals surface area contributed by atoms with E-state index in [9.17, 15) is 9.59 Å². The molecule has 132 valence electrons. The fraction of sp³-hybridized carbons (Fsp3) is 0.263. The van der Waals surface area contributed by atoms with Gasteiger partial charge in [0.2, 0.25) is 0 Å². The van der Waals surface area contributed by atoms with Gasteiger partial charge in [-0.05, 0) is 67.8 Å². The van der Waals surface area contributed by atoms with Crippen LogP contribution in [0.4, 0.5) is 11.4 Å². The molecule has 0 saturated carbocycles. The second kappa shape index (κ2) is 8.03. The fourth-order valence-corrected chi connectivity index (χ4v) is 2.85. The lowest BCUT2D eigenvalue weighted by Gasteiger charge is -2.11. The number of carbonyl (C=O) groups excluding carboxylic acids is 2. The number of halogens is 1. The molecule has 25 heavy (non-hydrogen) atoms. The maximum Gasteiger partial charge on any atom is 0.255 e. The molecule has 0 unspecified atom stereocenters. The summed E-state index contributed by atoms with van der Waals surface area (Å²) in [4.78, 5) is 24.3. The lowest BCUT2D eigenvalue weighted by molar-refractivity contribution is 0.0955. The van der Waals surface area contributed by atoms with Crippen LogP contribution in [0, 0.1) is 6.92 Å². The number of hydrogen-bond donors (Lipinski definition) is 3. The summed E-state index contributed by atoms with van der Waals surface area (Å²) in [6.07, 6.45) is 0.941. The maximum absolute atomic E-state index is 12.5. The Bertz CT molecular complexity index is 805. The maximum atomic E-state index is 12.5.